The summed E-state index contributed by atoms with van der Waals surface area (Å²) >= 11 is 0. The molecule has 0 aromatic heterocycles. The van der Waals surface area contributed by atoms with E-state index in [4.69, 9.17) is 0 Å². The minimum atomic E-state index is -0.732. The second-order valence-corrected chi connectivity index (χ2v) is 5.22. The highest BCUT2D eigenvalue weighted by Crippen LogP contribution is 2.21. The molecule has 0 bridgehead atoms. The van der Waals surface area contributed by atoms with E-state index < -0.39 is 11.5 Å². The van der Waals surface area contributed by atoms with E-state index in [1.54, 1.807) is 0 Å². The summed E-state index contributed by atoms with van der Waals surface area (Å²) in [7, 11) is 0. The average molecular weight is 227 g/mol. The summed E-state index contributed by atoms with van der Waals surface area (Å²) in [6.07, 6.45) is 8.95. The highest BCUT2D eigenvalue weighted by Gasteiger charge is 2.34. The zero-order valence-electron chi connectivity index (χ0n) is 10.6. The Hall–Kier alpha value is -0.570. The van der Waals surface area contributed by atoms with Gasteiger partial charge in [-0.05, 0) is 26.2 Å². The van der Waals surface area contributed by atoms with Crippen molar-refractivity contribution in [2.24, 2.45) is 0 Å². The van der Waals surface area contributed by atoms with Gasteiger partial charge in [0, 0.05) is 6.04 Å². The summed E-state index contributed by atoms with van der Waals surface area (Å²) in [6.45, 7) is 3.86. The Morgan fingerprint density at radius 1 is 1.31 bits per heavy atom. The molecule has 1 saturated carbocycles. The third-order valence-electron chi connectivity index (χ3n) is 3.60. The van der Waals surface area contributed by atoms with Gasteiger partial charge in [-0.2, -0.15) is 0 Å². The lowest BCUT2D eigenvalue weighted by Crippen LogP contribution is -2.53. The molecule has 0 aliphatic heterocycles. The zero-order chi connectivity index (χ0) is 12.0. The van der Waals surface area contributed by atoms with E-state index in [9.17, 15) is 9.90 Å². The van der Waals surface area contributed by atoms with E-state index in [2.05, 4.69) is 5.32 Å². The Morgan fingerprint density at radius 2 is 1.88 bits per heavy atom. The minimum absolute atomic E-state index is 0.398. The topological polar surface area (TPSA) is 49.3 Å². The van der Waals surface area contributed by atoms with Gasteiger partial charge in [0.05, 0.1) is 0 Å². The molecule has 1 aliphatic rings. The van der Waals surface area contributed by atoms with E-state index in [-0.39, 0.29) is 0 Å². The molecule has 1 fully saturated rings. The maximum atomic E-state index is 11.3. The van der Waals surface area contributed by atoms with Crippen LogP contribution in [-0.4, -0.2) is 22.7 Å². The SMILES string of the molecule is CCCC(C)(NC1CCCCCC1)C(=O)O. The van der Waals surface area contributed by atoms with Crippen molar-refractivity contribution in [1.29, 1.82) is 0 Å². The lowest BCUT2D eigenvalue weighted by molar-refractivity contribution is -0.145. The predicted octanol–water partition coefficient (Wildman–Crippen LogP) is 2.94. The second kappa shape index (κ2) is 6.24. The fourth-order valence-corrected chi connectivity index (χ4v) is 2.62. The molecule has 0 spiro atoms. The van der Waals surface area contributed by atoms with Gasteiger partial charge in [0.15, 0.2) is 0 Å². The van der Waals surface area contributed by atoms with Crippen molar-refractivity contribution in [3.8, 4) is 0 Å². The monoisotopic (exact) mass is 227 g/mol. The molecule has 3 heteroatoms. The van der Waals surface area contributed by atoms with Crippen LogP contribution in [0.3, 0.4) is 0 Å². The molecule has 0 aromatic carbocycles. The van der Waals surface area contributed by atoms with Gasteiger partial charge in [-0.15, -0.1) is 0 Å². The first-order valence-corrected chi connectivity index (χ1v) is 6.59. The summed E-state index contributed by atoms with van der Waals surface area (Å²) in [6, 6.07) is 0.398. The van der Waals surface area contributed by atoms with Crippen LogP contribution in [-0.2, 0) is 4.79 Å². The van der Waals surface area contributed by atoms with Crippen LogP contribution in [0.1, 0.15) is 65.2 Å². The van der Waals surface area contributed by atoms with Gasteiger partial charge in [-0.25, -0.2) is 0 Å². The molecule has 16 heavy (non-hydrogen) atoms. The second-order valence-electron chi connectivity index (χ2n) is 5.22. The molecule has 1 rings (SSSR count). The Labute approximate surface area is 98.6 Å². The van der Waals surface area contributed by atoms with Gasteiger partial charge >= 0.3 is 5.97 Å². The minimum Gasteiger partial charge on any atom is -0.480 e. The van der Waals surface area contributed by atoms with Crippen molar-refractivity contribution < 1.29 is 9.90 Å². The third-order valence-corrected chi connectivity index (χ3v) is 3.60. The predicted molar refractivity (Wildman–Crippen MR) is 65.6 cm³/mol. The number of rotatable bonds is 5. The van der Waals surface area contributed by atoms with Crippen LogP contribution in [0, 0.1) is 0 Å². The third kappa shape index (κ3) is 3.78. The largest absolute Gasteiger partial charge is 0.480 e. The summed E-state index contributed by atoms with van der Waals surface area (Å²) in [5, 5.41) is 12.7. The fourth-order valence-electron chi connectivity index (χ4n) is 2.62. The molecule has 3 nitrogen and oxygen atoms in total. The van der Waals surface area contributed by atoms with Gasteiger partial charge in [0.25, 0.3) is 0 Å². The molecular weight excluding hydrogens is 202 g/mol. The standard InChI is InChI=1S/C13H25NO2/c1-3-10-13(2,12(15)16)14-11-8-6-4-5-7-9-11/h11,14H,3-10H2,1-2H3,(H,15,16). The Morgan fingerprint density at radius 3 is 2.31 bits per heavy atom. The first-order valence-electron chi connectivity index (χ1n) is 6.59. The van der Waals surface area contributed by atoms with Gasteiger partial charge < -0.3 is 5.11 Å². The fraction of sp³-hybridized carbons (Fsp3) is 0.923. The van der Waals surface area contributed by atoms with Crippen molar-refractivity contribution in [2.45, 2.75) is 76.8 Å². The quantitative estimate of drug-likeness (QED) is 0.710. The molecule has 0 radical (unpaired) electrons. The number of hydrogen-bond donors (Lipinski definition) is 2. The van der Waals surface area contributed by atoms with Crippen molar-refractivity contribution in [2.75, 3.05) is 0 Å². The van der Waals surface area contributed by atoms with Crippen LogP contribution >= 0.6 is 0 Å². The van der Waals surface area contributed by atoms with E-state index >= 15 is 0 Å². The van der Waals surface area contributed by atoms with Crippen molar-refractivity contribution >= 4 is 5.97 Å². The molecule has 0 aromatic rings. The van der Waals surface area contributed by atoms with Gasteiger partial charge in [0.1, 0.15) is 5.54 Å². The van der Waals surface area contributed by atoms with E-state index in [0.717, 1.165) is 19.3 Å². The number of carbonyl (C=O) groups is 1. The Bertz CT molecular complexity index is 222. The molecule has 1 atom stereocenters. The van der Waals surface area contributed by atoms with E-state index in [1.807, 2.05) is 13.8 Å². The van der Waals surface area contributed by atoms with Crippen molar-refractivity contribution in [3.63, 3.8) is 0 Å². The van der Waals surface area contributed by atoms with Crippen molar-refractivity contribution in [1.82, 2.24) is 5.32 Å². The van der Waals surface area contributed by atoms with Crippen LogP contribution in [0.5, 0.6) is 0 Å². The highest BCUT2D eigenvalue weighted by atomic mass is 16.4. The molecule has 1 aliphatic carbocycles. The lowest BCUT2D eigenvalue weighted by Gasteiger charge is -2.31. The Kier molecular flexibility index (Phi) is 5.26. The van der Waals surface area contributed by atoms with Crippen LogP contribution in [0.2, 0.25) is 0 Å². The number of nitrogens with one attached hydrogen (secondary N) is 1. The number of carboxylic acids is 1. The first kappa shape index (κ1) is 13.5. The van der Waals surface area contributed by atoms with Gasteiger partial charge in [-0.3, -0.25) is 10.1 Å². The first-order chi connectivity index (χ1) is 7.58. The number of hydrogen-bond acceptors (Lipinski definition) is 2. The molecule has 0 heterocycles. The number of carboxylic acid groups (broad SMARTS) is 1. The molecule has 0 saturated heterocycles. The number of aliphatic carboxylic acids is 1. The van der Waals surface area contributed by atoms with Crippen LogP contribution in [0.15, 0.2) is 0 Å². The van der Waals surface area contributed by atoms with E-state index in [0.29, 0.717) is 12.5 Å². The average Bonchev–Trinajstić information content (AvgIpc) is 2.46. The zero-order valence-corrected chi connectivity index (χ0v) is 10.6. The van der Waals surface area contributed by atoms with Gasteiger partial charge in [-0.1, -0.05) is 39.0 Å². The van der Waals surface area contributed by atoms with Crippen molar-refractivity contribution in [3.05, 3.63) is 0 Å². The highest BCUT2D eigenvalue weighted by molar-refractivity contribution is 5.78. The molecule has 1 unspecified atom stereocenters. The maximum absolute atomic E-state index is 11.3. The maximum Gasteiger partial charge on any atom is 0.323 e. The Balaban J connectivity index is 2.55. The smallest absolute Gasteiger partial charge is 0.323 e. The normalized spacial score (nSPS) is 22.4. The van der Waals surface area contributed by atoms with E-state index in [1.165, 1.54) is 25.7 Å². The summed E-state index contributed by atoms with van der Waals surface area (Å²) in [5.41, 5.74) is -0.732. The van der Waals surface area contributed by atoms with Crippen LogP contribution in [0.25, 0.3) is 0 Å². The summed E-state index contributed by atoms with van der Waals surface area (Å²) in [4.78, 5) is 11.3. The summed E-state index contributed by atoms with van der Waals surface area (Å²) in [5.74, 6) is -0.710. The molecular formula is C13H25NO2. The summed E-state index contributed by atoms with van der Waals surface area (Å²) < 4.78 is 0. The van der Waals surface area contributed by atoms with Crippen LogP contribution in [0.4, 0.5) is 0 Å². The van der Waals surface area contributed by atoms with Gasteiger partial charge in [0.2, 0.25) is 0 Å². The molecule has 94 valence electrons. The molecule has 2 N–H and O–H groups in total. The van der Waals surface area contributed by atoms with Crippen LogP contribution < -0.4 is 5.32 Å². The molecule has 0 amide bonds. The lowest BCUT2D eigenvalue weighted by atomic mass is 9.93.